The van der Waals surface area contributed by atoms with Crippen molar-refractivity contribution in [2.24, 2.45) is 4.99 Å². The Morgan fingerprint density at radius 1 is 1.72 bits per heavy atom. The average molecular weight is 329 g/mol. The summed E-state index contributed by atoms with van der Waals surface area (Å²) in [6.07, 6.45) is 2.02. The number of hydrogen-bond acceptors (Lipinski definition) is 5. The number of nitrogens with one attached hydrogen (secondary N) is 1. The van der Waals surface area contributed by atoms with E-state index in [9.17, 15) is 5.11 Å². The first-order valence-electron chi connectivity index (χ1n) is 5.87. The van der Waals surface area contributed by atoms with E-state index in [-0.39, 0.29) is 18.3 Å². The number of aliphatic hydroxyl groups excluding tert-OH is 1. The molecule has 0 saturated carbocycles. The summed E-state index contributed by atoms with van der Waals surface area (Å²) in [6.45, 7) is 2.82. The minimum absolute atomic E-state index is 0.0261. The second-order valence-corrected chi connectivity index (χ2v) is 7.03. The third kappa shape index (κ3) is 2.01. The Hall–Kier alpha value is -0.422. The monoisotopic (exact) mass is 329 g/mol. The molecule has 0 aliphatic carbocycles. The number of aromatic nitrogens is 1. The van der Waals surface area contributed by atoms with E-state index in [1.54, 1.807) is 28.6 Å². The van der Waals surface area contributed by atoms with E-state index in [0.29, 0.717) is 11.9 Å². The molecular weight excluding hydrogens is 313 g/mol. The Kier molecular flexibility index (Phi) is 3.45. The van der Waals surface area contributed by atoms with Gasteiger partial charge in [0.2, 0.25) is 0 Å². The first-order chi connectivity index (χ1) is 8.70. The van der Waals surface area contributed by atoms with Crippen molar-refractivity contribution in [3.05, 3.63) is 17.8 Å². The molecule has 3 rings (SSSR count). The van der Waals surface area contributed by atoms with Gasteiger partial charge in [-0.25, -0.2) is 0 Å². The molecule has 3 heterocycles. The second kappa shape index (κ2) is 4.93. The van der Waals surface area contributed by atoms with Crippen molar-refractivity contribution >= 4 is 38.9 Å². The Bertz CT molecular complexity index is 491. The first kappa shape index (κ1) is 12.6. The molecule has 0 bridgehead atoms. The Morgan fingerprint density at radius 2 is 2.56 bits per heavy atom. The van der Waals surface area contributed by atoms with Crippen LogP contribution in [0.5, 0.6) is 0 Å². The molecule has 5 nitrogen and oxygen atoms in total. The number of ether oxygens (including phenoxy) is 1. The van der Waals surface area contributed by atoms with Crippen molar-refractivity contribution in [1.82, 2.24) is 4.57 Å². The zero-order chi connectivity index (χ0) is 12.7. The maximum atomic E-state index is 9.19. The Labute approximate surface area is 118 Å². The van der Waals surface area contributed by atoms with Crippen LogP contribution in [0.3, 0.4) is 0 Å². The van der Waals surface area contributed by atoms with Crippen LogP contribution in [0.25, 0.3) is 0 Å². The van der Waals surface area contributed by atoms with Crippen LogP contribution in [0.15, 0.2) is 17.3 Å². The van der Waals surface area contributed by atoms with Gasteiger partial charge in [0.25, 0.3) is 0 Å². The zero-order valence-corrected chi connectivity index (χ0v) is 13.3. The summed E-state index contributed by atoms with van der Waals surface area (Å²) in [6, 6.07) is 2.08. The van der Waals surface area contributed by atoms with Crippen LogP contribution in [0, 0.1) is 0 Å². The summed E-state index contributed by atoms with van der Waals surface area (Å²) >= 11 is 3.22. The molecule has 1 fully saturated rings. The van der Waals surface area contributed by atoms with Crippen LogP contribution >= 0.6 is 11.8 Å². The molecule has 0 amide bonds. The summed E-state index contributed by atoms with van der Waals surface area (Å²) in [7, 11) is 0. The first-order valence-corrected chi connectivity index (χ1v) is 8.03. The number of nitrogens with zero attached hydrogens (tertiary/aromatic N) is 2. The summed E-state index contributed by atoms with van der Waals surface area (Å²) < 4.78 is 9.11. The molecule has 2 N–H and O–H groups in total. The standard InChI is InChI=1S/C11H16AsN3O2S/c1-6-11(17-8(4-16)18-6)15-3-2-7-9(12)13-5-14-10(7)15/h2-3,6,8,11,14,16H,4-5,12H2,1H3/t6-,8+,11-/m1/s1. The fourth-order valence-electron chi connectivity index (χ4n) is 2.32. The average Bonchev–Trinajstić information content (AvgIpc) is 2.93. The van der Waals surface area contributed by atoms with Crippen LogP contribution in [0.1, 0.15) is 18.7 Å². The number of thioether (sulfide) groups is 1. The van der Waals surface area contributed by atoms with Crippen LogP contribution in [0.4, 0.5) is 5.82 Å². The van der Waals surface area contributed by atoms with Crippen molar-refractivity contribution in [2.45, 2.75) is 23.8 Å². The molecule has 0 aromatic carbocycles. The predicted molar refractivity (Wildman–Crippen MR) is 76.1 cm³/mol. The van der Waals surface area contributed by atoms with E-state index in [1.807, 2.05) is 6.20 Å². The minimum atomic E-state index is -0.120. The van der Waals surface area contributed by atoms with Gasteiger partial charge < -0.3 is 0 Å². The molecule has 1 unspecified atom stereocenters. The zero-order valence-electron chi connectivity index (χ0n) is 10.0. The Morgan fingerprint density at radius 3 is 3.28 bits per heavy atom. The fourth-order valence-corrected chi connectivity index (χ4v) is 4.07. The van der Waals surface area contributed by atoms with E-state index in [1.165, 1.54) is 0 Å². The van der Waals surface area contributed by atoms with E-state index < -0.39 is 0 Å². The molecular formula is C11H16AsN3O2S. The van der Waals surface area contributed by atoms with E-state index >= 15 is 0 Å². The van der Waals surface area contributed by atoms with Gasteiger partial charge >= 0.3 is 119 Å². The van der Waals surface area contributed by atoms with Gasteiger partial charge in [-0.15, -0.1) is 0 Å². The van der Waals surface area contributed by atoms with Gasteiger partial charge in [-0.1, -0.05) is 0 Å². The number of hydrogen-bond donors (Lipinski definition) is 2. The number of anilines is 1. The van der Waals surface area contributed by atoms with Crippen molar-refractivity contribution < 1.29 is 9.84 Å². The van der Waals surface area contributed by atoms with Gasteiger partial charge in [0.15, 0.2) is 0 Å². The molecule has 0 radical (unpaired) electrons. The third-order valence-corrected chi connectivity index (χ3v) is 5.43. The van der Waals surface area contributed by atoms with Gasteiger partial charge in [-0.3, -0.25) is 0 Å². The topological polar surface area (TPSA) is 58.8 Å². The number of fused-ring (bicyclic) bond motifs is 1. The van der Waals surface area contributed by atoms with Crippen LogP contribution in [0.2, 0.25) is 0 Å². The van der Waals surface area contributed by atoms with Gasteiger partial charge in [-0.2, -0.15) is 0 Å². The van der Waals surface area contributed by atoms with Crippen LogP contribution in [-0.4, -0.2) is 55.0 Å². The van der Waals surface area contributed by atoms with Crippen molar-refractivity contribution in [3.8, 4) is 0 Å². The van der Waals surface area contributed by atoms with E-state index in [4.69, 9.17) is 4.74 Å². The summed E-state index contributed by atoms with van der Waals surface area (Å²) in [5.74, 6) is 1.08. The van der Waals surface area contributed by atoms with Gasteiger partial charge in [0, 0.05) is 0 Å². The third-order valence-electron chi connectivity index (χ3n) is 3.17. The molecule has 1 aromatic rings. The number of rotatable bonds is 2. The normalized spacial score (nSPS) is 30.8. The number of aliphatic hydroxyl groups is 1. The van der Waals surface area contributed by atoms with E-state index in [0.717, 1.165) is 15.9 Å². The van der Waals surface area contributed by atoms with Gasteiger partial charge in [0.1, 0.15) is 0 Å². The van der Waals surface area contributed by atoms with Crippen molar-refractivity contribution in [3.63, 3.8) is 0 Å². The fraction of sp³-hybridized carbons (Fsp3) is 0.545. The molecule has 7 heteroatoms. The van der Waals surface area contributed by atoms with Crippen LogP contribution < -0.4 is 5.32 Å². The second-order valence-electron chi connectivity index (χ2n) is 4.34. The molecule has 0 spiro atoms. The molecule has 4 atom stereocenters. The van der Waals surface area contributed by atoms with Crippen molar-refractivity contribution in [2.75, 3.05) is 18.6 Å². The Balaban J connectivity index is 1.92. The van der Waals surface area contributed by atoms with Gasteiger partial charge in [0.05, 0.1) is 0 Å². The van der Waals surface area contributed by atoms with Crippen LogP contribution in [-0.2, 0) is 4.74 Å². The SMILES string of the molecule is C[C@H]1S[C@@H](CO)O[C@H]1n1ccc2c1NCN=C2[AsH2]. The quantitative estimate of drug-likeness (QED) is 0.762. The van der Waals surface area contributed by atoms with Gasteiger partial charge in [-0.05, 0) is 0 Å². The summed E-state index contributed by atoms with van der Waals surface area (Å²) in [5.41, 5.74) is 1.04. The molecule has 2 aliphatic rings. The molecule has 98 valence electrons. The van der Waals surface area contributed by atoms with Crippen molar-refractivity contribution in [1.29, 1.82) is 0 Å². The number of aliphatic imine (C=N–C) groups is 1. The molecule has 1 saturated heterocycles. The predicted octanol–water partition coefficient (Wildman–Crippen LogP) is 0.220. The summed E-state index contributed by atoms with van der Waals surface area (Å²) in [4.78, 5) is 4.40. The molecule has 1 aromatic heterocycles. The molecule has 18 heavy (non-hydrogen) atoms. The maximum absolute atomic E-state index is 9.19. The summed E-state index contributed by atoms with van der Waals surface area (Å²) in [5, 5.41) is 12.8. The molecule has 2 aliphatic heterocycles. The van der Waals surface area contributed by atoms with E-state index in [2.05, 4.69) is 27.9 Å².